The highest BCUT2D eigenvalue weighted by atomic mass is 16.5. The van der Waals surface area contributed by atoms with Crippen LogP contribution in [0.5, 0.6) is 0 Å². The Kier molecular flexibility index (Phi) is 4.21. The highest BCUT2D eigenvalue weighted by molar-refractivity contribution is 6.19. The molecule has 4 rings (SSSR count). The minimum absolute atomic E-state index is 0.0969. The van der Waals surface area contributed by atoms with Crippen LogP contribution in [0.4, 0.5) is 5.69 Å². The summed E-state index contributed by atoms with van der Waals surface area (Å²) in [4.78, 5) is 15.2. The van der Waals surface area contributed by atoms with Gasteiger partial charge in [-0.15, -0.1) is 0 Å². The van der Waals surface area contributed by atoms with E-state index in [1.807, 2.05) is 50.4 Å². The molecule has 0 saturated carbocycles. The van der Waals surface area contributed by atoms with Crippen LogP contribution >= 0.6 is 0 Å². The first-order valence-electron chi connectivity index (χ1n) is 9.21. The summed E-state index contributed by atoms with van der Waals surface area (Å²) in [6, 6.07) is 18.3. The molecule has 1 heterocycles. The molecule has 2 unspecified atom stereocenters. The summed E-state index contributed by atoms with van der Waals surface area (Å²) in [6.07, 6.45) is 0.557. The quantitative estimate of drug-likeness (QED) is 0.824. The average Bonchev–Trinajstić information content (AvgIpc) is 2.97. The normalized spacial score (nSPS) is 27.0. The van der Waals surface area contributed by atoms with Crippen molar-refractivity contribution in [1.29, 1.82) is 0 Å². The van der Waals surface area contributed by atoms with Gasteiger partial charge in [-0.25, -0.2) is 0 Å². The molecular weight excluding hydrogens is 338 g/mol. The van der Waals surface area contributed by atoms with Crippen LogP contribution in [0.25, 0.3) is 11.1 Å². The van der Waals surface area contributed by atoms with E-state index in [1.165, 1.54) is 0 Å². The highest BCUT2D eigenvalue weighted by Crippen LogP contribution is 2.61. The first kappa shape index (κ1) is 18.0. The van der Waals surface area contributed by atoms with Gasteiger partial charge in [0.05, 0.1) is 17.7 Å². The smallest absolute Gasteiger partial charge is 0.237 e. The van der Waals surface area contributed by atoms with Gasteiger partial charge in [0, 0.05) is 33.3 Å². The number of carbonyl (C=O) groups excluding carboxylic acids is 1. The molecule has 4 nitrogen and oxygen atoms in total. The van der Waals surface area contributed by atoms with Gasteiger partial charge in [0.1, 0.15) is 5.60 Å². The van der Waals surface area contributed by atoms with Crippen molar-refractivity contribution < 1.29 is 14.3 Å². The Balaban J connectivity index is 2.11. The van der Waals surface area contributed by atoms with Crippen LogP contribution in [0, 0.1) is 5.41 Å². The number of ether oxygens (including phenoxy) is 2. The van der Waals surface area contributed by atoms with Crippen molar-refractivity contribution in [2.45, 2.75) is 18.9 Å². The Morgan fingerprint density at radius 2 is 1.67 bits per heavy atom. The van der Waals surface area contributed by atoms with Gasteiger partial charge in [-0.1, -0.05) is 48.5 Å². The van der Waals surface area contributed by atoms with E-state index in [0.717, 1.165) is 28.0 Å². The third-order valence-corrected chi connectivity index (χ3v) is 6.04. The molecular formula is C23H25NO3. The maximum Gasteiger partial charge on any atom is 0.237 e. The molecule has 0 saturated heterocycles. The van der Waals surface area contributed by atoms with Crippen LogP contribution in [-0.4, -0.2) is 39.4 Å². The lowest BCUT2D eigenvalue weighted by atomic mass is 9.74. The van der Waals surface area contributed by atoms with Crippen molar-refractivity contribution in [2.24, 2.45) is 5.41 Å². The Morgan fingerprint density at radius 1 is 1.00 bits per heavy atom. The summed E-state index contributed by atoms with van der Waals surface area (Å²) in [5.41, 5.74) is 3.89. The van der Waals surface area contributed by atoms with Gasteiger partial charge in [0.25, 0.3) is 0 Å². The highest BCUT2D eigenvalue weighted by Gasteiger charge is 2.59. The Labute approximate surface area is 160 Å². The van der Waals surface area contributed by atoms with Crippen LogP contribution in [0.1, 0.15) is 24.5 Å². The molecule has 4 heteroatoms. The van der Waals surface area contributed by atoms with Crippen molar-refractivity contribution in [3.63, 3.8) is 0 Å². The van der Waals surface area contributed by atoms with Gasteiger partial charge < -0.3 is 14.4 Å². The molecule has 0 bridgehead atoms. The standard InChI is InChI=1S/C23H25NO3/c1-22-14-23(27-4,15-26-3)19(16-10-6-5-7-11-16)20(22)17-12-8-9-13-18(17)24(2)21(22)25/h5-13H,14-15H2,1-4H3. The molecule has 0 aromatic heterocycles. The Hall–Kier alpha value is -2.43. The van der Waals surface area contributed by atoms with E-state index in [9.17, 15) is 4.79 Å². The van der Waals surface area contributed by atoms with E-state index < -0.39 is 11.0 Å². The lowest BCUT2D eigenvalue weighted by molar-refractivity contribution is -0.127. The zero-order valence-electron chi connectivity index (χ0n) is 16.3. The molecule has 1 aliphatic carbocycles. The summed E-state index contributed by atoms with van der Waals surface area (Å²) >= 11 is 0. The third-order valence-electron chi connectivity index (χ3n) is 6.04. The maximum absolute atomic E-state index is 13.5. The second kappa shape index (κ2) is 6.32. The molecule has 1 aliphatic heterocycles. The summed E-state index contributed by atoms with van der Waals surface area (Å²) in [5.74, 6) is 0.0969. The third kappa shape index (κ3) is 2.40. The number of anilines is 1. The zero-order valence-corrected chi connectivity index (χ0v) is 16.3. The van der Waals surface area contributed by atoms with Gasteiger partial charge in [0.15, 0.2) is 0 Å². The molecule has 0 spiro atoms. The van der Waals surface area contributed by atoms with E-state index in [0.29, 0.717) is 13.0 Å². The van der Waals surface area contributed by atoms with Crippen molar-refractivity contribution in [3.8, 4) is 0 Å². The minimum atomic E-state index is -0.672. The van der Waals surface area contributed by atoms with Crippen molar-refractivity contribution in [2.75, 3.05) is 32.8 Å². The number of methoxy groups -OCH3 is 2. The minimum Gasteiger partial charge on any atom is -0.381 e. The van der Waals surface area contributed by atoms with E-state index in [-0.39, 0.29) is 5.91 Å². The van der Waals surface area contributed by atoms with E-state index in [4.69, 9.17) is 9.47 Å². The molecule has 0 radical (unpaired) electrons. The van der Waals surface area contributed by atoms with Crippen LogP contribution < -0.4 is 4.90 Å². The number of para-hydroxylation sites is 1. The number of benzene rings is 2. The first-order chi connectivity index (χ1) is 13.0. The number of amides is 1. The fraction of sp³-hybridized carbons (Fsp3) is 0.348. The maximum atomic E-state index is 13.5. The summed E-state index contributed by atoms with van der Waals surface area (Å²) in [5, 5.41) is 0. The number of fused-ring (bicyclic) bond motifs is 3. The second-order valence-corrected chi connectivity index (χ2v) is 7.64. The number of hydrogen-bond acceptors (Lipinski definition) is 3. The van der Waals surface area contributed by atoms with Gasteiger partial charge >= 0.3 is 0 Å². The molecule has 0 N–H and O–H groups in total. The predicted molar refractivity (Wildman–Crippen MR) is 107 cm³/mol. The van der Waals surface area contributed by atoms with Crippen LogP contribution in [0.2, 0.25) is 0 Å². The number of nitrogens with zero attached hydrogens (tertiary/aromatic N) is 1. The molecule has 140 valence electrons. The molecule has 2 aliphatic rings. The van der Waals surface area contributed by atoms with E-state index in [2.05, 4.69) is 18.2 Å². The number of carbonyl (C=O) groups is 1. The van der Waals surface area contributed by atoms with Crippen LogP contribution in [0.3, 0.4) is 0 Å². The van der Waals surface area contributed by atoms with Crippen molar-refractivity contribution >= 4 is 22.7 Å². The summed E-state index contributed by atoms with van der Waals surface area (Å²) in [7, 11) is 5.25. The number of rotatable bonds is 4. The fourth-order valence-corrected chi connectivity index (χ4v) is 4.92. The average molecular weight is 363 g/mol. The summed E-state index contributed by atoms with van der Waals surface area (Å²) in [6.45, 7) is 2.43. The topological polar surface area (TPSA) is 38.8 Å². The molecule has 0 fully saturated rings. The fourth-order valence-electron chi connectivity index (χ4n) is 4.92. The van der Waals surface area contributed by atoms with Gasteiger partial charge in [-0.2, -0.15) is 0 Å². The molecule has 2 aromatic rings. The SMILES string of the molecule is COCC1(OC)CC2(C)C(=O)N(C)c3ccccc3C2=C1c1ccccc1. The summed E-state index contributed by atoms with van der Waals surface area (Å²) < 4.78 is 11.7. The predicted octanol–water partition coefficient (Wildman–Crippen LogP) is 4.02. The van der Waals surface area contributed by atoms with Gasteiger partial charge in [-0.3, -0.25) is 4.79 Å². The molecule has 2 atom stereocenters. The molecule has 2 aromatic carbocycles. The van der Waals surface area contributed by atoms with Crippen molar-refractivity contribution in [1.82, 2.24) is 0 Å². The van der Waals surface area contributed by atoms with Crippen LogP contribution in [-0.2, 0) is 14.3 Å². The Morgan fingerprint density at radius 3 is 2.33 bits per heavy atom. The van der Waals surface area contributed by atoms with E-state index in [1.54, 1.807) is 19.1 Å². The van der Waals surface area contributed by atoms with Gasteiger partial charge in [0.2, 0.25) is 5.91 Å². The molecule has 27 heavy (non-hydrogen) atoms. The van der Waals surface area contributed by atoms with Crippen molar-refractivity contribution in [3.05, 3.63) is 65.7 Å². The lowest BCUT2D eigenvalue weighted by Gasteiger charge is -2.39. The van der Waals surface area contributed by atoms with Crippen LogP contribution in [0.15, 0.2) is 54.6 Å². The number of hydrogen-bond donors (Lipinski definition) is 0. The van der Waals surface area contributed by atoms with E-state index >= 15 is 0 Å². The largest absolute Gasteiger partial charge is 0.381 e. The Bertz CT molecular complexity index is 920. The first-order valence-corrected chi connectivity index (χ1v) is 9.21. The monoisotopic (exact) mass is 363 g/mol. The van der Waals surface area contributed by atoms with Gasteiger partial charge in [-0.05, 0) is 29.7 Å². The lowest BCUT2D eigenvalue weighted by Crippen LogP contribution is -2.46. The second-order valence-electron chi connectivity index (χ2n) is 7.64. The zero-order chi connectivity index (χ0) is 19.2. The molecule has 1 amide bonds.